The highest BCUT2D eigenvalue weighted by Gasteiger charge is 2.14. The molecule has 3 rings (SSSR count). The second-order valence-corrected chi connectivity index (χ2v) is 6.70. The largest absolute Gasteiger partial charge is 0.496 e. The van der Waals surface area contributed by atoms with Crippen molar-refractivity contribution in [3.8, 4) is 5.75 Å². The molecule has 0 saturated carbocycles. The molecule has 1 aromatic heterocycles. The van der Waals surface area contributed by atoms with Gasteiger partial charge in [-0.15, -0.1) is 0 Å². The van der Waals surface area contributed by atoms with E-state index in [9.17, 15) is 0 Å². The zero-order valence-corrected chi connectivity index (χ0v) is 13.6. The first-order valence-electron chi connectivity index (χ1n) is 6.62. The fourth-order valence-electron chi connectivity index (χ4n) is 2.32. The fourth-order valence-corrected chi connectivity index (χ4v) is 3.70. The van der Waals surface area contributed by atoms with Crippen LogP contribution >= 0.6 is 27.3 Å². The first-order chi connectivity index (χ1) is 9.76. The van der Waals surface area contributed by atoms with Crippen LogP contribution in [0.1, 0.15) is 29.0 Å². The van der Waals surface area contributed by atoms with Gasteiger partial charge >= 0.3 is 0 Å². The topological polar surface area (TPSA) is 34.5 Å². The third-order valence-electron chi connectivity index (χ3n) is 3.34. The highest BCUT2D eigenvalue weighted by atomic mass is 79.9. The number of aryl methyl sites for hydroxylation is 2. The van der Waals surface area contributed by atoms with Crippen molar-refractivity contribution < 1.29 is 4.74 Å². The third-order valence-corrected chi connectivity index (χ3v) is 4.90. The van der Waals surface area contributed by atoms with Crippen molar-refractivity contribution in [2.24, 2.45) is 4.99 Å². The smallest absolute Gasteiger partial charge is 0.209 e. The molecule has 1 aliphatic carbocycles. The van der Waals surface area contributed by atoms with Gasteiger partial charge in [0.25, 0.3) is 0 Å². The molecule has 5 heteroatoms. The van der Waals surface area contributed by atoms with Gasteiger partial charge in [-0.2, -0.15) is 0 Å². The number of halogens is 1. The van der Waals surface area contributed by atoms with E-state index in [-0.39, 0.29) is 0 Å². The fraction of sp³-hybridized carbons (Fsp3) is 0.333. The predicted molar refractivity (Wildman–Crippen MR) is 86.7 cm³/mol. The van der Waals surface area contributed by atoms with Crippen molar-refractivity contribution in [2.45, 2.75) is 25.7 Å². The lowest BCUT2D eigenvalue weighted by Crippen LogP contribution is -1.98. The van der Waals surface area contributed by atoms with E-state index in [0.29, 0.717) is 0 Å². The van der Waals surface area contributed by atoms with Gasteiger partial charge in [0.2, 0.25) is 5.13 Å². The Morgan fingerprint density at radius 2 is 2.20 bits per heavy atom. The molecule has 2 aromatic rings. The van der Waals surface area contributed by atoms with Crippen LogP contribution in [0.15, 0.2) is 27.7 Å². The number of hydrogen-bond donors (Lipinski definition) is 0. The SMILES string of the molecule is COc1ccc(Br)cc1C=Nc1nc2c(s1)CCCC2. The number of aliphatic imine (C=N–C) groups is 1. The van der Waals surface area contributed by atoms with Crippen LogP contribution in [0.3, 0.4) is 0 Å². The maximum atomic E-state index is 5.34. The van der Waals surface area contributed by atoms with Gasteiger partial charge in [-0.25, -0.2) is 9.98 Å². The van der Waals surface area contributed by atoms with Gasteiger partial charge in [-0.3, -0.25) is 0 Å². The van der Waals surface area contributed by atoms with Gasteiger partial charge in [0.05, 0.1) is 12.8 Å². The lowest BCUT2D eigenvalue weighted by atomic mass is 10.0. The average Bonchev–Trinajstić information content (AvgIpc) is 2.88. The van der Waals surface area contributed by atoms with Crippen molar-refractivity contribution in [2.75, 3.05) is 7.11 Å². The maximum Gasteiger partial charge on any atom is 0.209 e. The molecule has 0 bridgehead atoms. The summed E-state index contributed by atoms with van der Waals surface area (Å²) in [5, 5.41) is 0.846. The van der Waals surface area contributed by atoms with Crippen molar-refractivity contribution in [1.82, 2.24) is 4.98 Å². The molecule has 3 nitrogen and oxygen atoms in total. The number of fused-ring (bicyclic) bond motifs is 1. The molecule has 104 valence electrons. The Morgan fingerprint density at radius 3 is 3.00 bits per heavy atom. The molecule has 20 heavy (non-hydrogen) atoms. The highest BCUT2D eigenvalue weighted by Crippen LogP contribution is 2.31. The van der Waals surface area contributed by atoms with E-state index in [1.807, 2.05) is 24.4 Å². The average molecular weight is 351 g/mol. The van der Waals surface area contributed by atoms with Gasteiger partial charge in [-0.1, -0.05) is 27.3 Å². The molecule has 0 fully saturated rings. The summed E-state index contributed by atoms with van der Waals surface area (Å²) in [6, 6.07) is 5.88. The summed E-state index contributed by atoms with van der Waals surface area (Å²) >= 11 is 5.18. The van der Waals surface area contributed by atoms with E-state index in [1.54, 1.807) is 18.4 Å². The Hall–Kier alpha value is -1.20. The standard InChI is InChI=1S/C15H15BrN2OS/c1-19-13-7-6-11(16)8-10(13)9-17-15-18-12-4-2-3-5-14(12)20-15/h6-9H,2-5H2,1H3. The van der Waals surface area contributed by atoms with Crippen LogP contribution in [0.4, 0.5) is 5.13 Å². The van der Waals surface area contributed by atoms with E-state index in [2.05, 4.69) is 25.9 Å². The normalized spacial score (nSPS) is 14.5. The molecular formula is C15H15BrN2OS. The monoisotopic (exact) mass is 350 g/mol. The number of aromatic nitrogens is 1. The summed E-state index contributed by atoms with van der Waals surface area (Å²) in [5.74, 6) is 0.818. The minimum absolute atomic E-state index is 0.818. The number of ether oxygens (including phenoxy) is 1. The second kappa shape index (κ2) is 6.06. The van der Waals surface area contributed by atoms with Gasteiger partial charge in [0, 0.05) is 21.1 Å². The third kappa shape index (κ3) is 2.94. The van der Waals surface area contributed by atoms with E-state index >= 15 is 0 Å². The van der Waals surface area contributed by atoms with E-state index in [1.165, 1.54) is 23.4 Å². The molecule has 0 aliphatic heterocycles. The van der Waals surface area contributed by atoms with E-state index in [4.69, 9.17) is 4.74 Å². The van der Waals surface area contributed by atoms with Crippen LogP contribution in [0.2, 0.25) is 0 Å². The summed E-state index contributed by atoms with van der Waals surface area (Å²) in [5.41, 5.74) is 2.20. The van der Waals surface area contributed by atoms with Crippen LogP contribution in [0.5, 0.6) is 5.75 Å². The van der Waals surface area contributed by atoms with E-state index in [0.717, 1.165) is 33.8 Å². The lowest BCUT2D eigenvalue weighted by molar-refractivity contribution is 0.414. The summed E-state index contributed by atoms with van der Waals surface area (Å²) in [4.78, 5) is 10.5. The number of rotatable bonds is 3. The van der Waals surface area contributed by atoms with Crippen molar-refractivity contribution in [1.29, 1.82) is 0 Å². The second-order valence-electron chi connectivity index (χ2n) is 4.72. The molecule has 1 heterocycles. The van der Waals surface area contributed by atoms with Gasteiger partial charge in [0.15, 0.2) is 0 Å². The summed E-state index contributed by atoms with van der Waals surface area (Å²) in [6.07, 6.45) is 6.61. The number of thiazole rings is 1. The number of nitrogens with zero attached hydrogens (tertiary/aromatic N) is 2. The van der Waals surface area contributed by atoms with Crippen LogP contribution in [-0.2, 0) is 12.8 Å². The molecule has 0 amide bonds. The van der Waals surface area contributed by atoms with Crippen LogP contribution in [0, 0.1) is 0 Å². The Kier molecular flexibility index (Phi) is 4.17. The quantitative estimate of drug-likeness (QED) is 0.761. The van der Waals surface area contributed by atoms with Crippen LogP contribution < -0.4 is 4.74 Å². The van der Waals surface area contributed by atoms with Gasteiger partial charge in [0.1, 0.15) is 5.75 Å². The number of hydrogen-bond acceptors (Lipinski definition) is 4. The zero-order valence-electron chi connectivity index (χ0n) is 11.2. The predicted octanol–water partition coefficient (Wildman–Crippen LogP) is 4.54. The highest BCUT2D eigenvalue weighted by molar-refractivity contribution is 9.10. The maximum absolute atomic E-state index is 5.34. The Bertz CT molecular complexity index is 628. The number of benzene rings is 1. The van der Waals surface area contributed by atoms with E-state index < -0.39 is 0 Å². The summed E-state index contributed by atoms with van der Waals surface area (Å²) < 4.78 is 6.35. The molecule has 0 saturated heterocycles. The molecule has 1 aromatic carbocycles. The van der Waals surface area contributed by atoms with Crippen molar-refractivity contribution >= 4 is 38.6 Å². The summed E-state index contributed by atoms with van der Waals surface area (Å²) in [6.45, 7) is 0. The molecule has 0 N–H and O–H groups in total. The van der Waals surface area contributed by atoms with Gasteiger partial charge in [-0.05, 0) is 43.9 Å². The molecule has 0 radical (unpaired) electrons. The molecule has 1 aliphatic rings. The molecule has 0 atom stereocenters. The molecule has 0 unspecified atom stereocenters. The molecular weight excluding hydrogens is 336 g/mol. The van der Waals surface area contributed by atoms with Gasteiger partial charge < -0.3 is 4.74 Å². The summed E-state index contributed by atoms with van der Waals surface area (Å²) in [7, 11) is 1.67. The minimum Gasteiger partial charge on any atom is -0.496 e. The first kappa shape index (κ1) is 13.8. The Labute approximate surface area is 130 Å². The minimum atomic E-state index is 0.818. The lowest BCUT2D eigenvalue weighted by Gasteiger charge is -2.06. The zero-order chi connectivity index (χ0) is 13.9. The Balaban J connectivity index is 1.86. The number of methoxy groups -OCH3 is 1. The van der Waals surface area contributed by atoms with Crippen LogP contribution in [0.25, 0.3) is 0 Å². The van der Waals surface area contributed by atoms with Crippen molar-refractivity contribution in [3.63, 3.8) is 0 Å². The van der Waals surface area contributed by atoms with Crippen molar-refractivity contribution in [3.05, 3.63) is 38.8 Å². The van der Waals surface area contributed by atoms with Crippen LogP contribution in [-0.4, -0.2) is 18.3 Å². The molecule has 0 spiro atoms. The Morgan fingerprint density at radius 1 is 1.35 bits per heavy atom. The first-order valence-corrected chi connectivity index (χ1v) is 8.23.